The number of ether oxygens (including phenoxy) is 1. The Morgan fingerprint density at radius 2 is 1.90 bits per heavy atom. The number of aryl methyl sites for hydroxylation is 1. The van der Waals surface area contributed by atoms with Gasteiger partial charge >= 0.3 is 6.09 Å². The summed E-state index contributed by atoms with van der Waals surface area (Å²) in [7, 11) is 3.57. The second kappa shape index (κ2) is 6.79. The molecule has 0 aliphatic carbocycles. The van der Waals surface area contributed by atoms with Gasteiger partial charge in [-0.3, -0.25) is 0 Å². The van der Waals surface area contributed by atoms with Gasteiger partial charge < -0.3 is 15.0 Å². The van der Waals surface area contributed by atoms with Crippen LogP contribution >= 0.6 is 0 Å². The molecule has 0 aromatic heterocycles. The van der Waals surface area contributed by atoms with Crippen LogP contribution < -0.4 is 15.0 Å². The van der Waals surface area contributed by atoms with E-state index in [2.05, 4.69) is 22.3 Å². The van der Waals surface area contributed by atoms with Crippen LogP contribution in [-0.4, -0.2) is 20.2 Å². The second-order valence-corrected chi connectivity index (χ2v) is 4.93. The molecule has 0 radical (unpaired) electrons. The van der Waals surface area contributed by atoms with Crippen LogP contribution in [0.5, 0.6) is 5.75 Å². The molecule has 0 heterocycles. The van der Waals surface area contributed by atoms with Crippen molar-refractivity contribution in [3.05, 3.63) is 59.7 Å². The molecule has 21 heavy (non-hydrogen) atoms. The summed E-state index contributed by atoms with van der Waals surface area (Å²) < 4.78 is 5.18. The Morgan fingerprint density at radius 3 is 2.57 bits per heavy atom. The molecule has 0 spiro atoms. The Labute approximate surface area is 125 Å². The quantitative estimate of drug-likeness (QED) is 0.936. The van der Waals surface area contributed by atoms with Crippen molar-refractivity contribution < 1.29 is 9.53 Å². The molecular weight excluding hydrogens is 264 g/mol. The molecule has 0 fully saturated rings. The van der Waals surface area contributed by atoms with Crippen molar-refractivity contribution in [2.24, 2.45) is 0 Å². The van der Waals surface area contributed by atoms with Gasteiger partial charge in [-0.05, 0) is 24.1 Å². The molecule has 0 atom stereocenters. The van der Waals surface area contributed by atoms with Crippen LogP contribution in [0.3, 0.4) is 0 Å². The van der Waals surface area contributed by atoms with Gasteiger partial charge in [0.25, 0.3) is 0 Å². The number of rotatable bonds is 4. The van der Waals surface area contributed by atoms with Gasteiger partial charge in [0.15, 0.2) is 0 Å². The average Bonchev–Trinajstić information content (AvgIpc) is 2.50. The van der Waals surface area contributed by atoms with Crippen molar-refractivity contribution in [2.45, 2.75) is 13.5 Å². The van der Waals surface area contributed by atoms with E-state index in [9.17, 15) is 4.79 Å². The first-order chi connectivity index (χ1) is 10.1. The van der Waals surface area contributed by atoms with Crippen LogP contribution in [0.1, 0.15) is 11.1 Å². The van der Waals surface area contributed by atoms with E-state index in [1.54, 1.807) is 13.1 Å². The van der Waals surface area contributed by atoms with Gasteiger partial charge in [-0.15, -0.1) is 0 Å². The number of nitrogens with zero attached hydrogens (tertiary/aromatic N) is 1. The minimum Gasteiger partial charge on any atom is -0.410 e. The summed E-state index contributed by atoms with van der Waals surface area (Å²) in [5.74, 6) is 0.537. The van der Waals surface area contributed by atoms with Gasteiger partial charge in [-0.2, -0.15) is 0 Å². The molecule has 110 valence electrons. The molecule has 0 unspecified atom stereocenters. The summed E-state index contributed by atoms with van der Waals surface area (Å²) in [4.78, 5) is 13.4. The first-order valence-corrected chi connectivity index (χ1v) is 6.85. The SMILES string of the molecule is CNC(=O)Oc1ccc(C)c(N(C)Cc2ccccc2)c1. The van der Waals surface area contributed by atoms with Crippen LogP contribution in [-0.2, 0) is 6.54 Å². The molecule has 2 aromatic rings. The summed E-state index contributed by atoms with van der Waals surface area (Å²) in [6, 6.07) is 15.9. The van der Waals surface area contributed by atoms with E-state index in [0.29, 0.717) is 5.75 Å². The van der Waals surface area contributed by atoms with Crippen molar-refractivity contribution in [1.82, 2.24) is 5.32 Å². The zero-order valence-electron chi connectivity index (χ0n) is 12.6. The van der Waals surface area contributed by atoms with Crippen molar-refractivity contribution in [2.75, 3.05) is 19.0 Å². The zero-order chi connectivity index (χ0) is 15.2. The van der Waals surface area contributed by atoms with E-state index in [-0.39, 0.29) is 0 Å². The van der Waals surface area contributed by atoms with Crippen LogP contribution in [0, 0.1) is 6.92 Å². The Morgan fingerprint density at radius 1 is 1.19 bits per heavy atom. The summed E-state index contributed by atoms with van der Waals surface area (Å²) in [5, 5.41) is 2.44. The van der Waals surface area contributed by atoms with Crippen molar-refractivity contribution in [1.29, 1.82) is 0 Å². The normalized spacial score (nSPS) is 10.0. The average molecular weight is 284 g/mol. The Kier molecular flexibility index (Phi) is 4.82. The number of anilines is 1. The number of carbonyl (C=O) groups excluding carboxylic acids is 1. The highest BCUT2D eigenvalue weighted by Crippen LogP contribution is 2.26. The highest BCUT2D eigenvalue weighted by Gasteiger charge is 2.09. The number of amides is 1. The Bertz CT molecular complexity index is 611. The van der Waals surface area contributed by atoms with E-state index in [4.69, 9.17) is 4.74 Å². The molecule has 2 rings (SSSR count). The van der Waals surface area contributed by atoms with Crippen molar-refractivity contribution >= 4 is 11.8 Å². The van der Waals surface area contributed by atoms with Crippen LogP contribution in [0.25, 0.3) is 0 Å². The van der Waals surface area contributed by atoms with E-state index in [1.807, 2.05) is 44.3 Å². The Balaban J connectivity index is 2.17. The monoisotopic (exact) mass is 284 g/mol. The number of nitrogens with one attached hydrogen (secondary N) is 1. The third kappa shape index (κ3) is 3.99. The van der Waals surface area contributed by atoms with Crippen molar-refractivity contribution in [3.8, 4) is 5.75 Å². The minimum absolute atomic E-state index is 0.462. The predicted molar refractivity (Wildman–Crippen MR) is 84.8 cm³/mol. The number of hydrogen-bond donors (Lipinski definition) is 1. The van der Waals surface area contributed by atoms with Gasteiger partial charge in [-0.25, -0.2) is 4.79 Å². The van der Waals surface area contributed by atoms with Crippen LogP contribution in [0.4, 0.5) is 10.5 Å². The standard InChI is InChI=1S/C17H20N2O2/c1-13-9-10-15(21-17(20)18-2)11-16(13)19(3)12-14-7-5-4-6-8-14/h4-11H,12H2,1-3H3,(H,18,20). The largest absolute Gasteiger partial charge is 0.412 e. The molecular formula is C17H20N2O2. The first kappa shape index (κ1) is 14.9. The lowest BCUT2D eigenvalue weighted by atomic mass is 10.1. The van der Waals surface area contributed by atoms with Crippen LogP contribution in [0.2, 0.25) is 0 Å². The lowest BCUT2D eigenvalue weighted by molar-refractivity contribution is 0.203. The van der Waals surface area contributed by atoms with Crippen molar-refractivity contribution in [3.63, 3.8) is 0 Å². The number of carbonyl (C=O) groups is 1. The van der Waals surface area contributed by atoms with E-state index < -0.39 is 6.09 Å². The highest BCUT2D eigenvalue weighted by molar-refractivity contribution is 5.71. The molecule has 1 amide bonds. The topological polar surface area (TPSA) is 41.6 Å². The van der Waals surface area contributed by atoms with Gasteiger partial charge in [-0.1, -0.05) is 36.4 Å². The lowest BCUT2D eigenvalue weighted by Crippen LogP contribution is -2.22. The van der Waals surface area contributed by atoms with E-state index >= 15 is 0 Å². The molecule has 0 bridgehead atoms. The predicted octanol–water partition coefficient (Wildman–Crippen LogP) is 3.35. The van der Waals surface area contributed by atoms with Gasteiger partial charge in [0.1, 0.15) is 5.75 Å². The minimum atomic E-state index is -0.462. The fraction of sp³-hybridized carbons (Fsp3) is 0.235. The van der Waals surface area contributed by atoms with Crippen LogP contribution in [0.15, 0.2) is 48.5 Å². The molecule has 4 nitrogen and oxygen atoms in total. The molecule has 0 aliphatic heterocycles. The number of hydrogen-bond acceptors (Lipinski definition) is 3. The fourth-order valence-electron chi connectivity index (χ4n) is 2.16. The number of benzene rings is 2. The fourth-order valence-corrected chi connectivity index (χ4v) is 2.16. The first-order valence-electron chi connectivity index (χ1n) is 6.85. The summed E-state index contributed by atoms with van der Waals surface area (Å²) in [6.07, 6.45) is -0.462. The maximum atomic E-state index is 11.3. The third-order valence-corrected chi connectivity index (χ3v) is 3.27. The molecule has 0 saturated carbocycles. The van der Waals surface area contributed by atoms with E-state index in [0.717, 1.165) is 17.8 Å². The summed E-state index contributed by atoms with van der Waals surface area (Å²) >= 11 is 0. The second-order valence-electron chi connectivity index (χ2n) is 4.93. The lowest BCUT2D eigenvalue weighted by Gasteiger charge is -2.22. The summed E-state index contributed by atoms with van der Waals surface area (Å²) in [6.45, 7) is 2.84. The molecule has 0 aliphatic rings. The maximum Gasteiger partial charge on any atom is 0.412 e. The van der Waals surface area contributed by atoms with Gasteiger partial charge in [0.2, 0.25) is 0 Å². The van der Waals surface area contributed by atoms with Gasteiger partial charge in [0, 0.05) is 32.4 Å². The summed E-state index contributed by atoms with van der Waals surface area (Å²) in [5.41, 5.74) is 3.41. The smallest absolute Gasteiger partial charge is 0.410 e. The third-order valence-electron chi connectivity index (χ3n) is 3.27. The van der Waals surface area contributed by atoms with E-state index in [1.165, 1.54) is 5.56 Å². The molecule has 2 aromatic carbocycles. The molecule has 1 N–H and O–H groups in total. The maximum absolute atomic E-state index is 11.3. The molecule has 4 heteroatoms. The Hall–Kier alpha value is -2.49. The molecule has 0 saturated heterocycles. The zero-order valence-corrected chi connectivity index (χ0v) is 12.6. The highest BCUT2D eigenvalue weighted by atomic mass is 16.5. The van der Waals surface area contributed by atoms with Gasteiger partial charge in [0.05, 0.1) is 0 Å².